The molecule has 5 nitrogen and oxygen atoms in total. The summed E-state index contributed by atoms with van der Waals surface area (Å²) in [6.45, 7) is 0.644. The zero-order valence-corrected chi connectivity index (χ0v) is 10.8. The van der Waals surface area contributed by atoms with Crippen LogP contribution in [0.1, 0.15) is 30.3 Å². The molecule has 98 valence electrons. The lowest BCUT2D eigenvalue weighted by molar-refractivity contribution is 0.395. The Morgan fingerprint density at radius 2 is 2.21 bits per heavy atom. The summed E-state index contributed by atoms with van der Waals surface area (Å²) in [5.74, 6) is 2.79. The van der Waals surface area contributed by atoms with Crippen molar-refractivity contribution in [3.8, 4) is 5.88 Å². The highest BCUT2D eigenvalue weighted by atomic mass is 16.5. The van der Waals surface area contributed by atoms with Crippen LogP contribution in [0.25, 0.3) is 0 Å². The quantitative estimate of drug-likeness (QED) is 0.890. The molecule has 0 aliphatic heterocycles. The van der Waals surface area contributed by atoms with E-state index >= 15 is 0 Å². The number of nitrogens with zero attached hydrogens (tertiary/aromatic N) is 3. The number of hydrogen-bond donors (Lipinski definition) is 1. The van der Waals surface area contributed by atoms with Gasteiger partial charge in [0.1, 0.15) is 11.6 Å². The van der Waals surface area contributed by atoms with E-state index in [2.05, 4.69) is 20.3 Å². The molecule has 0 aromatic carbocycles. The Balaban J connectivity index is 1.74. The maximum absolute atomic E-state index is 5.22. The third-order valence-electron chi connectivity index (χ3n) is 3.05. The maximum Gasteiger partial charge on any atom is 0.218 e. The van der Waals surface area contributed by atoms with E-state index in [0.717, 1.165) is 17.3 Å². The van der Waals surface area contributed by atoms with Gasteiger partial charge in [0.2, 0.25) is 5.88 Å². The minimum Gasteiger partial charge on any atom is -0.481 e. The average molecular weight is 256 g/mol. The smallest absolute Gasteiger partial charge is 0.218 e. The highest BCUT2D eigenvalue weighted by Gasteiger charge is 2.27. The molecule has 2 aromatic heterocycles. The van der Waals surface area contributed by atoms with Crippen LogP contribution in [-0.2, 0) is 6.54 Å². The lowest BCUT2D eigenvalue weighted by Gasteiger charge is -2.08. The van der Waals surface area contributed by atoms with Crippen molar-refractivity contribution in [3.63, 3.8) is 0 Å². The molecule has 0 spiro atoms. The lowest BCUT2D eigenvalue weighted by atomic mass is 10.3. The van der Waals surface area contributed by atoms with Gasteiger partial charge in [-0.05, 0) is 25.0 Å². The maximum atomic E-state index is 5.22. The third kappa shape index (κ3) is 2.99. The molecule has 0 saturated heterocycles. The van der Waals surface area contributed by atoms with Crippen LogP contribution in [0.15, 0.2) is 30.5 Å². The summed E-state index contributed by atoms with van der Waals surface area (Å²) < 4.78 is 5.22. The Bertz CT molecular complexity index is 555. The largest absolute Gasteiger partial charge is 0.481 e. The van der Waals surface area contributed by atoms with Gasteiger partial charge < -0.3 is 10.1 Å². The van der Waals surface area contributed by atoms with Crippen LogP contribution in [0.2, 0.25) is 0 Å². The fourth-order valence-corrected chi connectivity index (χ4v) is 1.85. The number of nitrogens with one attached hydrogen (secondary N) is 1. The van der Waals surface area contributed by atoms with Gasteiger partial charge in [0.25, 0.3) is 0 Å². The minimum absolute atomic E-state index is 0.505. The van der Waals surface area contributed by atoms with E-state index in [1.54, 1.807) is 13.3 Å². The summed E-state index contributed by atoms with van der Waals surface area (Å²) in [5.41, 5.74) is 0.980. The van der Waals surface area contributed by atoms with Crippen LogP contribution < -0.4 is 10.1 Å². The van der Waals surface area contributed by atoms with Gasteiger partial charge in [-0.25, -0.2) is 4.98 Å². The first kappa shape index (κ1) is 11.9. The Labute approximate surface area is 112 Å². The van der Waals surface area contributed by atoms with E-state index in [0.29, 0.717) is 18.3 Å². The molecule has 1 saturated carbocycles. The molecule has 0 atom stereocenters. The summed E-state index contributed by atoms with van der Waals surface area (Å²) in [7, 11) is 1.63. The number of ether oxygens (including phenoxy) is 1. The van der Waals surface area contributed by atoms with Gasteiger partial charge in [0.15, 0.2) is 0 Å². The van der Waals surface area contributed by atoms with Crippen LogP contribution in [0.4, 0.5) is 5.82 Å². The molecular weight excluding hydrogens is 240 g/mol. The van der Waals surface area contributed by atoms with Gasteiger partial charge in [-0.15, -0.1) is 0 Å². The monoisotopic (exact) mass is 256 g/mol. The zero-order chi connectivity index (χ0) is 13.1. The summed E-state index contributed by atoms with van der Waals surface area (Å²) in [4.78, 5) is 13.2. The first-order chi connectivity index (χ1) is 9.35. The van der Waals surface area contributed by atoms with Crippen molar-refractivity contribution in [2.45, 2.75) is 25.3 Å². The molecule has 5 heteroatoms. The Hall–Kier alpha value is -2.17. The van der Waals surface area contributed by atoms with Gasteiger partial charge in [0, 0.05) is 18.2 Å². The van der Waals surface area contributed by atoms with Crippen molar-refractivity contribution in [2.24, 2.45) is 0 Å². The standard InChI is InChI=1S/C14H16N4O/c1-19-13-8-12(17-14(18-13)10-5-6-10)16-9-11-4-2-3-7-15-11/h2-4,7-8,10H,5-6,9H2,1H3,(H,16,17,18). The van der Waals surface area contributed by atoms with Gasteiger partial charge in [-0.1, -0.05) is 6.07 Å². The average Bonchev–Trinajstić information content (AvgIpc) is 3.30. The zero-order valence-electron chi connectivity index (χ0n) is 10.8. The van der Waals surface area contributed by atoms with Crippen molar-refractivity contribution in [3.05, 3.63) is 42.0 Å². The topological polar surface area (TPSA) is 59.9 Å². The molecule has 0 unspecified atom stereocenters. The molecule has 3 rings (SSSR count). The number of aromatic nitrogens is 3. The minimum atomic E-state index is 0.505. The SMILES string of the molecule is COc1cc(NCc2ccccn2)nc(C2CC2)n1. The van der Waals surface area contributed by atoms with Crippen LogP contribution >= 0.6 is 0 Å². The summed E-state index contributed by atoms with van der Waals surface area (Å²) in [6.07, 6.45) is 4.13. The first-order valence-corrected chi connectivity index (χ1v) is 6.42. The fourth-order valence-electron chi connectivity index (χ4n) is 1.85. The Kier molecular flexibility index (Phi) is 3.27. The van der Waals surface area contributed by atoms with Crippen molar-refractivity contribution in [1.29, 1.82) is 0 Å². The number of rotatable bonds is 5. The number of hydrogen-bond acceptors (Lipinski definition) is 5. The molecule has 1 fully saturated rings. The van der Waals surface area contributed by atoms with Crippen molar-refractivity contribution >= 4 is 5.82 Å². The van der Waals surface area contributed by atoms with Crippen LogP contribution in [0.5, 0.6) is 5.88 Å². The molecular formula is C14H16N4O. The normalized spacial score (nSPS) is 14.2. The summed E-state index contributed by atoms with van der Waals surface area (Å²) in [5, 5.41) is 3.27. The predicted molar refractivity (Wildman–Crippen MR) is 72.1 cm³/mol. The van der Waals surface area contributed by atoms with E-state index < -0.39 is 0 Å². The van der Waals surface area contributed by atoms with E-state index in [9.17, 15) is 0 Å². The van der Waals surface area contributed by atoms with Crippen LogP contribution in [0, 0.1) is 0 Å². The van der Waals surface area contributed by atoms with Crippen LogP contribution in [0.3, 0.4) is 0 Å². The molecule has 0 amide bonds. The summed E-state index contributed by atoms with van der Waals surface area (Å²) >= 11 is 0. The second-order valence-electron chi connectivity index (χ2n) is 4.60. The fraction of sp³-hybridized carbons (Fsp3) is 0.357. The third-order valence-corrected chi connectivity index (χ3v) is 3.05. The first-order valence-electron chi connectivity index (χ1n) is 6.42. The molecule has 1 N–H and O–H groups in total. The molecule has 0 bridgehead atoms. The Morgan fingerprint density at radius 1 is 1.32 bits per heavy atom. The second kappa shape index (κ2) is 5.22. The van der Waals surface area contributed by atoms with Gasteiger partial charge in [-0.2, -0.15) is 4.98 Å². The number of anilines is 1. The molecule has 1 aliphatic rings. The van der Waals surface area contributed by atoms with Gasteiger partial charge in [-0.3, -0.25) is 4.98 Å². The van der Waals surface area contributed by atoms with Gasteiger partial charge >= 0.3 is 0 Å². The van der Waals surface area contributed by atoms with E-state index in [4.69, 9.17) is 4.74 Å². The van der Waals surface area contributed by atoms with Crippen molar-refractivity contribution < 1.29 is 4.74 Å². The van der Waals surface area contributed by atoms with E-state index in [1.165, 1.54) is 12.8 Å². The van der Waals surface area contributed by atoms with E-state index in [1.807, 2.05) is 24.3 Å². The molecule has 0 radical (unpaired) electrons. The molecule has 1 aliphatic carbocycles. The molecule has 19 heavy (non-hydrogen) atoms. The van der Waals surface area contributed by atoms with Crippen molar-refractivity contribution in [2.75, 3.05) is 12.4 Å². The second-order valence-corrected chi connectivity index (χ2v) is 4.60. The highest BCUT2D eigenvalue weighted by Crippen LogP contribution is 2.39. The van der Waals surface area contributed by atoms with Gasteiger partial charge in [0.05, 0.1) is 19.3 Å². The lowest BCUT2D eigenvalue weighted by Crippen LogP contribution is -2.06. The van der Waals surface area contributed by atoms with Crippen LogP contribution in [-0.4, -0.2) is 22.1 Å². The highest BCUT2D eigenvalue weighted by molar-refractivity contribution is 5.39. The van der Waals surface area contributed by atoms with Crippen molar-refractivity contribution in [1.82, 2.24) is 15.0 Å². The number of methoxy groups -OCH3 is 1. The molecule has 2 aromatic rings. The summed E-state index contributed by atoms with van der Waals surface area (Å²) in [6, 6.07) is 7.67. The van der Waals surface area contributed by atoms with E-state index in [-0.39, 0.29) is 0 Å². The Morgan fingerprint density at radius 3 is 2.89 bits per heavy atom. The predicted octanol–water partition coefficient (Wildman–Crippen LogP) is 2.37. The number of pyridine rings is 1. The molecule has 2 heterocycles.